The number of azide groups is 1. The summed E-state index contributed by atoms with van der Waals surface area (Å²) in [5.74, 6) is -0.183. The van der Waals surface area contributed by atoms with Gasteiger partial charge < -0.3 is 9.30 Å². The molecule has 0 amide bonds. The molecule has 0 radical (unpaired) electrons. The normalized spacial score (nSPS) is 10.0. The predicted molar refractivity (Wildman–Crippen MR) is 91.9 cm³/mol. The van der Waals surface area contributed by atoms with Crippen LogP contribution in [0.2, 0.25) is 0 Å². The van der Waals surface area contributed by atoms with Crippen LogP contribution >= 0.6 is 0 Å². The molecule has 5 nitrogen and oxygen atoms in total. The van der Waals surface area contributed by atoms with Gasteiger partial charge in [-0.2, -0.15) is 0 Å². The van der Waals surface area contributed by atoms with Crippen LogP contribution in [0.25, 0.3) is 21.3 Å². The summed E-state index contributed by atoms with van der Waals surface area (Å²) in [5.41, 5.74) is 8.90. The lowest BCUT2D eigenvalue weighted by molar-refractivity contribution is 0.190. The third-order valence-electron chi connectivity index (χ3n) is 3.41. The summed E-state index contributed by atoms with van der Waals surface area (Å²) in [7, 11) is 1.70. The second-order valence-corrected chi connectivity index (χ2v) is 5.22. The molecule has 2 rings (SSSR count). The van der Waals surface area contributed by atoms with Gasteiger partial charge in [-0.25, -0.2) is 4.39 Å². The van der Waals surface area contributed by atoms with Gasteiger partial charge in [-0.1, -0.05) is 24.9 Å². The summed E-state index contributed by atoms with van der Waals surface area (Å²) in [5, 5.41) is 4.34. The van der Waals surface area contributed by atoms with Crippen LogP contribution in [0.3, 0.4) is 0 Å². The summed E-state index contributed by atoms with van der Waals surface area (Å²) >= 11 is 0. The van der Waals surface area contributed by atoms with Gasteiger partial charge in [-0.15, -0.1) is 0 Å². The Bertz CT molecular complexity index is 620. The highest BCUT2D eigenvalue weighted by molar-refractivity contribution is 5.80. The molecule has 126 valence electrons. The third-order valence-corrected chi connectivity index (χ3v) is 3.41. The Balaban J connectivity index is 0.000000284. The number of fused-ring (bicyclic) bond motifs is 1. The molecule has 0 saturated heterocycles. The Kier molecular flexibility index (Phi) is 9.52. The summed E-state index contributed by atoms with van der Waals surface area (Å²) in [6.45, 7) is 4.43. The standard InChI is InChI=1S/C12H14FNO.C5H11N3/c1-15-8-2-6-14-7-5-10-9-11(13)3-4-12(10)14;1-2-3-4-5-7-8-6/h3-5,7,9H,2,6,8H2,1H3;2-5H2,1H3. The van der Waals surface area contributed by atoms with E-state index in [9.17, 15) is 4.39 Å². The molecule has 1 heterocycles. The SMILES string of the molecule is CCCCCN=[N+]=[N-].COCCCn1ccc2cc(F)ccc21. The highest BCUT2D eigenvalue weighted by Crippen LogP contribution is 2.17. The molecular formula is C17H25FN4O. The fourth-order valence-corrected chi connectivity index (χ4v) is 2.22. The van der Waals surface area contributed by atoms with Crippen LogP contribution in [0.5, 0.6) is 0 Å². The van der Waals surface area contributed by atoms with Crippen LogP contribution in [0.4, 0.5) is 4.39 Å². The van der Waals surface area contributed by atoms with Gasteiger partial charge in [0.1, 0.15) is 5.82 Å². The van der Waals surface area contributed by atoms with E-state index in [0.717, 1.165) is 36.9 Å². The minimum Gasteiger partial charge on any atom is -0.385 e. The molecular weight excluding hydrogens is 295 g/mol. The summed E-state index contributed by atoms with van der Waals surface area (Å²) in [4.78, 5) is 2.63. The lowest BCUT2D eigenvalue weighted by Crippen LogP contribution is -1.99. The Morgan fingerprint density at radius 1 is 1.26 bits per heavy atom. The zero-order chi connectivity index (χ0) is 16.9. The fraction of sp³-hybridized carbons (Fsp3) is 0.529. The summed E-state index contributed by atoms with van der Waals surface area (Å²) in [6, 6.07) is 6.81. The Morgan fingerprint density at radius 3 is 2.78 bits per heavy atom. The van der Waals surface area contributed by atoms with Crippen molar-refractivity contribution >= 4 is 10.9 Å². The molecule has 0 aliphatic heterocycles. The van der Waals surface area contributed by atoms with E-state index in [4.69, 9.17) is 10.3 Å². The van der Waals surface area contributed by atoms with E-state index in [1.165, 1.54) is 18.9 Å². The molecule has 0 fully saturated rings. The Morgan fingerprint density at radius 2 is 2.09 bits per heavy atom. The van der Waals surface area contributed by atoms with Crippen LogP contribution in [0.15, 0.2) is 35.6 Å². The van der Waals surface area contributed by atoms with Crippen molar-refractivity contribution < 1.29 is 9.13 Å². The number of methoxy groups -OCH3 is 1. The largest absolute Gasteiger partial charge is 0.385 e. The quantitative estimate of drug-likeness (QED) is 0.281. The fourth-order valence-electron chi connectivity index (χ4n) is 2.22. The van der Waals surface area contributed by atoms with Crippen molar-refractivity contribution in [1.82, 2.24) is 4.57 Å². The molecule has 1 aromatic heterocycles. The molecule has 23 heavy (non-hydrogen) atoms. The highest BCUT2D eigenvalue weighted by atomic mass is 19.1. The van der Waals surface area contributed by atoms with Crippen molar-refractivity contribution in [2.24, 2.45) is 5.11 Å². The topological polar surface area (TPSA) is 62.9 Å². The number of hydrogen-bond donors (Lipinski definition) is 0. The van der Waals surface area contributed by atoms with Gasteiger partial charge >= 0.3 is 0 Å². The molecule has 0 aliphatic rings. The second kappa shape index (κ2) is 11.5. The van der Waals surface area contributed by atoms with E-state index in [2.05, 4.69) is 21.5 Å². The number of nitrogens with zero attached hydrogens (tertiary/aromatic N) is 4. The number of halogens is 1. The molecule has 0 N–H and O–H groups in total. The van der Waals surface area contributed by atoms with Crippen molar-refractivity contribution in [3.63, 3.8) is 0 Å². The van der Waals surface area contributed by atoms with Crippen molar-refractivity contribution in [1.29, 1.82) is 0 Å². The smallest absolute Gasteiger partial charge is 0.123 e. The van der Waals surface area contributed by atoms with E-state index < -0.39 is 0 Å². The maximum absolute atomic E-state index is 12.9. The van der Waals surface area contributed by atoms with Gasteiger partial charge in [0.15, 0.2) is 0 Å². The molecule has 0 spiro atoms. The number of aromatic nitrogens is 1. The second-order valence-electron chi connectivity index (χ2n) is 5.22. The molecule has 6 heteroatoms. The van der Waals surface area contributed by atoms with Gasteiger partial charge in [0.05, 0.1) is 0 Å². The molecule has 1 aromatic carbocycles. The van der Waals surface area contributed by atoms with Gasteiger partial charge in [-0.05, 0) is 42.6 Å². The monoisotopic (exact) mass is 320 g/mol. The minimum atomic E-state index is -0.183. The van der Waals surface area contributed by atoms with Crippen LogP contribution in [0, 0.1) is 5.82 Å². The van der Waals surface area contributed by atoms with Crippen LogP contribution in [-0.4, -0.2) is 24.8 Å². The molecule has 0 aliphatic carbocycles. The lowest BCUT2D eigenvalue weighted by Gasteiger charge is -2.04. The predicted octanol–water partition coefficient (Wildman–Crippen LogP) is 5.30. The van der Waals surface area contributed by atoms with Gasteiger partial charge in [-0.3, -0.25) is 0 Å². The first-order chi connectivity index (χ1) is 11.2. The lowest BCUT2D eigenvalue weighted by atomic mass is 10.2. The van der Waals surface area contributed by atoms with Crippen LogP contribution < -0.4 is 0 Å². The van der Waals surface area contributed by atoms with Crippen molar-refractivity contribution in [2.45, 2.75) is 39.2 Å². The average Bonchev–Trinajstić information content (AvgIpc) is 2.95. The summed E-state index contributed by atoms with van der Waals surface area (Å²) in [6.07, 6.45) is 6.33. The first-order valence-electron chi connectivity index (χ1n) is 7.97. The molecule has 0 atom stereocenters. The zero-order valence-corrected chi connectivity index (χ0v) is 13.9. The number of benzene rings is 1. The van der Waals surface area contributed by atoms with Crippen molar-refractivity contribution in [3.8, 4) is 0 Å². The molecule has 0 saturated carbocycles. The van der Waals surface area contributed by atoms with Crippen LogP contribution in [-0.2, 0) is 11.3 Å². The number of unbranched alkanes of at least 4 members (excludes halogenated alkanes) is 2. The third kappa shape index (κ3) is 7.17. The molecule has 0 unspecified atom stereocenters. The maximum atomic E-state index is 12.9. The maximum Gasteiger partial charge on any atom is 0.123 e. The van der Waals surface area contributed by atoms with Crippen molar-refractivity contribution in [2.75, 3.05) is 20.3 Å². The minimum absolute atomic E-state index is 0.183. The summed E-state index contributed by atoms with van der Waals surface area (Å²) < 4.78 is 20.0. The van der Waals surface area contributed by atoms with E-state index in [1.54, 1.807) is 13.2 Å². The molecule has 0 bridgehead atoms. The van der Waals surface area contributed by atoms with Gasteiger partial charge in [0.2, 0.25) is 0 Å². The van der Waals surface area contributed by atoms with Crippen LogP contribution in [0.1, 0.15) is 32.6 Å². The Labute approximate surface area is 136 Å². The number of aryl methyl sites for hydroxylation is 1. The first-order valence-corrected chi connectivity index (χ1v) is 7.97. The highest BCUT2D eigenvalue weighted by Gasteiger charge is 2.01. The Hall–Kier alpha value is -2.04. The van der Waals surface area contributed by atoms with E-state index in [1.807, 2.05) is 18.3 Å². The van der Waals surface area contributed by atoms with Crippen molar-refractivity contribution in [3.05, 3.63) is 46.7 Å². The van der Waals surface area contributed by atoms with E-state index >= 15 is 0 Å². The van der Waals surface area contributed by atoms with E-state index in [-0.39, 0.29) is 5.82 Å². The average molecular weight is 320 g/mol. The number of ether oxygens (including phenoxy) is 1. The number of rotatable bonds is 8. The zero-order valence-electron chi connectivity index (χ0n) is 13.9. The first kappa shape index (κ1) is 19.0. The van der Waals surface area contributed by atoms with Gasteiger partial charge in [0.25, 0.3) is 0 Å². The molecule has 2 aromatic rings. The van der Waals surface area contributed by atoms with Gasteiger partial charge in [0, 0.05) is 48.8 Å². The number of hydrogen-bond acceptors (Lipinski definition) is 2. The van der Waals surface area contributed by atoms with E-state index in [0.29, 0.717) is 6.54 Å².